The molecule has 3 aromatic rings. The summed E-state index contributed by atoms with van der Waals surface area (Å²) in [6, 6.07) is 16.2. The number of aliphatic imine (C=N–C) groups is 1. The van der Waals surface area contributed by atoms with Crippen molar-refractivity contribution in [1.82, 2.24) is 4.57 Å². The Bertz CT molecular complexity index is 1200. The van der Waals surface area contributed by atoms with Crippen LogP contribution in [0.15, 0.2) is 58.5 Å². The summed E-state index contributed by atoms with van der Waals surface area (Å²) in [5.74, 6) is 0.203. The van der Waals surface area contributed by atoms with Crippen LogP contribution in [0.3, 0.4) is 0 Å². The van der Waals surface area contributed by atoms with E-state index in [1.54, 1.807) is 4.57 Å². The van der Waals surface area contributed by atoms with Crippen molar-refractivity contribution in [2.45, 2.75) is 0 Å². The van der Waals surface area contributed by atoms with E-state index in [2.05, 4.69) is 22.0 Å². The molecule has 0 bridgehead atoms. The minimum atomic E-state index is 0.203. The molecule has 2 aromatic carbocycles. The van der Waals surface area contributed by atoms with Crippen molar-refractivity contribution in [2.24, 2.45) is 17.0 Å². The van der Waals surface area contributed by atoms with E-state index in [4.69, 9.17) is 9.73 Å². The van der Waals surface area contributed by atoms with Gasteiger partial charge in [0.2, 0.25) is 5.88 Å². The van der Waals surface area contributed by atoms with Crippen LogP contribution in [0.1, 0.15) is 10.4 Å². The zero-order valence-electron chi connectivity index (χ0n) is 16.7. The number of hydrogen-bond acceptors (Lipinski definition) is 6. The highest BCUT2D eigenvalue weighted by atomic mass is 32.1. The molecule has 0 amide bonds. The molecule has 3 heterocycles. The molecule has 30 heavy (non-hydrogen) atoms. The van der Waals surface area contributed by atoms with Crippen LogP contribution in [-0.2, 0) is 11.8 Å². The lowest BCUT2D eigenvalue weighted by Crippen LogP contribution is -2.36. The number of ether oxygens (including phenoxy) is 1. The number of para-hydroxylation sites is 1. The smallest absolute Gasteiger partial charge is 0.210 e. The van der Waals surface area contributed by atoms with Gasteiger partial charge in [-0.25, -0.2) is 4.99 Å². The lowest BCUT2D eigenvalue weighted by Gasteiger charge is -2.28. The summed E-state index contributed by atoms with van der Waals surface area (Å²) >= 11 is 1.46. The number of morpholine rings is 1. The van der Waals surface area contributed by atoms with Gasteiger partial charge in [-0.3, -0.25) is 9.56 Å². The fraction of sp³-hybridized carbons (Fsp3) is 0.217. The highest BCUT2D eigenvalue weighted by Gasteiger charge is 2.15. The van der Waals surface area contributed by atoms with Crippen molar-refractivity contribution >= 4 is 46.3 Å². The molecule has 0 unspecified atom stereocenters. The fourth-order valence-electron chi connectivity index (χ4n) is 3.63. The van der Waals surface area contributed by atoms with E-state index in [1.807, 2.05) is 55.7 Å². The normalized spacial score (nSPS) is 17.7. The van der Waals surface area contributed by atoms with Crippen molar-refractivity contribution in [3.63, 3.8) is 0 Å². The Morgan fingerprint density at radius 3 is 2.67 bits per heavy atom. The van der Waals surface area contributed by atoms with Gasteiger partial charge in [0.05, 0.1) is 29.5 Å². The van der Waals surface area contributed by atoms with Gasteiger partial charge < -0.3 is 14.7 Å². The van der Waals surface area contributed by atoms with Gasteiger partial charge in [-0.2, -0.15) is 0 Å². The van der Waals surface area contributed by atoms with Crippen LogP contribution in [0.5, 0.6) is 5.88 Å². The summed E-state index contributed by atoms with van der Waals surface area (Å²) in [7, 11) is 1.82. The van der Waals surface area contributed by atoms with Crippen molar-refractivity contribution in [2.75, 3.05) is 31.2 Å². The molecule has 1 fully saturated rings. The molecule has 1 saturated heterocycles. The quantitative estimate of drug-likeness (QED) is 0.696. The van der Waals surface area contributed by atoms with Crippen molar-refractivity contribution in [3.8, 4) is 5.88 Å². The maximum Gasteiger partial charge on any atom is 0.210 e. The molecule has 5 rings (SSSR count). The zero-order chi connectivity index (χ0) is 20.5. The van der Waals surface area contributed by atoms with E-state index in [0.29, 0.717) is 0 Å². The first-order valence-electron chi connectivity index (χ1n) is 9.90. The molecule has 1 aromatic heterocycles. The van der Waals surface area contributed by atoms with E-state index in [9.17, 15) is 5.11 Å². The largest absolute Gasteiger partial charge is 0.493 e. The molecular formula is C23H22N4O2S. The lowest BCUT2D eigenvalue weighted by molar-refractivity contribution is 0.122. The number of aromatic hydroxyl groups is 1. The molecule has 152 valence electrons. The second kappa shape index (κ2) is 7.93. The first-order valence-corrected chi connectivity index (χ1v) is 10.7. The fourth-order valence-corrected chi connectivity index (χ4v) is 4.61. The number of aromatic nitrogens is 1. The highest BCUT2D eigenvalue weighted by Crippen LogP contribution is 2.34. The number of benzene rings is 2. The van der Waals surface area contributed by atoms with Crippen molar-refractivity contribution in [3.05, 3.63) is 63.8 Å². The second-order valence-corrected chi connectivity index (χ2v) is 8.24. The Morgan fingerprint density at radius 2 is 1.87 bits per heavy atom. The SMILES string of the molecule is Cn1c(O)c(/C=C2\C=Nc3ccccc32)sc1=Nc1ccc(N2CCOCC2)cc1. The van der Waals surface area contributed by atoms with E-state index >= 15 is 0 Å². The van der Waals surface area contributed by atoms with Crippen LogP contribution in [0.4, 0.5) is 17.1 Å². The monoisotopic (exact) mass is 418 g/mol. The number of rotatable bonds is 3. The molecule has 0 atom stereocenters. The Hall–Kier alpha value is -3.16. The summed E-state index contributed by atoms with van der Waals surface area (Å²) in [5.41, 5.74) is 5.06. The third-order valence-electron chi connectivity index (χ3n) is 5.32. The molecule has 0 spiro atoms. The molecule has 2 aliphatic rings. The number of anilines is 1. The Balaban J connectivity index is 1.44. The predicted molar refractivity (Wildman–Crippen MR) is 122 cm³/mol. The standard InChI is InChI=1S/C23H22N4O2S/c1-26-22(28)21(14-16-15-24-20-5-3-2-4-19(16)20)30-23(26)25-17-6-8-18(9-7-17)27-10-12-29-13-11-27/h2-9,14-15,28H,10-13H2,1H3/b16-14+,25-23?. The van der Waals surface area contributed by atoms with Gasteiger partial charge >= 0.3 is 0 Å². The van der Waals surface area contributed by atoms with Gasteiger partial charge in [-0.15, -0.1) is 0 Å². The summed E-state index contributed by atoms with van der Waals surface area (Å²) in [6.07, 6.45) is 3.81. The highest BCUT2D eigenvalue weighted by molar-refractivity contribution is 7.10. The molecular weight excluding hydrogens is 396 g/mol. The van der Waals surface area contributed by atoms with E-state index in [-0.39, 0.29) is 5.88 Å². The maximum atomic E-state index is 10.6. The summed E-state index contributed by atoms with van der Waals surface area (Å²) in [6.45, 7) is 3.36. The molecule has 0 saturated carbocycles. The van der Waals surface area contributed by atoms with Gasteiger partial charge in [0.25, 0.3) is 0 Å². The molecule has 0 aliphatic carbocycles. The van der Waals surface area contributed by atoms with Gasteiger partial charge in [-0.05, 0) is 36.4 Å². The minimum absolute atomic E-state index is 0.203. The Morgan fingerprint density at radius 1 is 1.10 bits per heavy atom. The lowest BCUT2D eigenvalue weighted by atomic mass is 10.1. The van der Waals surface area contributed by atoms with Gasteiger partial charge in [0, 0.05) is 43.2 Å². The number of nitrogens with zero attached hydrogens (tertiary/aromatic N) is 4. The van der Waals surface area contributed by atoms with Gasteiger partial charge in [-0.1, -0.05) is 29.5 Å². The van der Waals surface area contributed by atoms with Gasteiger partial charge in [0.1, 0.15) is 0 Å². The molecule has 7 heteroatoms. The average Bonchev–Trinajstić information content (AvgIpc) is 3.32. The topological polar surface area (TPSA) is 62.3 Å². The van der Waals surface area contributed by atoms with Crippen LogP contribution in [-0.4, -0.2) is 42.2 Å². The number of hydrogen-bond donors (Lipinski definition) is 1. The first kappa shape index (κ1) is 18.8. The van der Waals surface area contributed by atoms with E-state index in [1.165, 1.54) is 17.0 Å². The first-order chi connectivity index (χ1) is 14.7. The zero-order valence-corrected chi connectivity index (χ0v) is 17.5. The average molecular weight is 419 g/mol. The molecule has 2 aliphatic heterocycles. The Labute approximate surface area is 178 Å². The van der Waals surface area contributed by atoms with Crippen LogP contribution in [0, 0.1) is 0 Å². The minimum Gasteiger partial charge on any atom is -0.493 e. The summed E-state index contributed by atoms with van der Waals surface area (Å²) < 4.78 is 7.13. The van der Waals surface area contributed by atoms with E-state index in [0.717, 1.165) is 58.5 Å². The molecule has 0 radical (unpaired) electrons. The predicted octanol–water partition coefficient (Wildman–Crippen LogP) is 4.12. The number of allylic oxidation sites excluding steroid dienone is 1. The maximum absolute atomic E-state index is 10.6. The van der Waals surface area contributed by atoms with E-state index < -0.39 is 0 Å². The summed E-state index contributed by atoms with van der Waals surface area (Å²) in [4.78, 5) is 13.0. The van der Waals surface area contributed by atoms with Gasteiger partial charge in [0.15, 0.2) is 4.80 Å². The molecule has 1 N–H and O–H groups in total. The van der Waals surface area contributed by atoms with Crippen LogP contribution >= 0.6 is 11.3 Å². The van der Waals surface area contributed by atoms with Crippen LogP contribution in [0.25, 0.3) is 11.6 Å². The van der Waals surface area contributed by atoms with Crippen LogP contribution < -0.4 is 9.70 Å². The molecule has 6 nitrogen and oxygen atoms in total. The Kier molecular flexibility index (Phi) is 4.98. The van der Waals surface area contributed by atoms with Crippen molar-refractivity contribution in [1.29, 1.82) is 0 Å². The third-order valence-corrected chi connectivity index (χ3v) is 6.39. The van der Waals surface area contributed by atoms with Crippen molar-refractivity contribution < 1.29 is 9.84 Å². The number of thiazole rings is 1. The summed E-state index contributed by atoms with van der Waals surface area (Å²) in [5, 5.41) is 10.6. The second-order valence-electron chi connectivity index (χ2n) is 7.23. The number of fused-ring (bicyclic) bond motifs is 1. The third kappa shape index (κ3) is 3.58. The van der Waals surface area contributed by atoms with Crippen LogP contribution in [0.2, 0.25) is 0 Å².